The van der Waals surface area contributed by atoms with Gasteiger partial charge in [-0.15, -0.1) is 11.3 Å². The molecule has 1 aromatic carbocycles. The van der Waals surface area contributed by atoms with Crippen molar-refractivity contribution in [3.63, 3.8) is 0 Å². The van der Waals surface area contributed by atoms with E-state index in [9.17, 15) is 14.4 Å². The first kappa shape index (κ1) is 12.6. The highest BCUT2D eigenvalue weighted by Crippen LogP contribution is 2.28. The van der Waals surface area contributed by atoms with Crippen LogP contribution in [-0.2, 0) is 0 Å². The smallest absolute Gasteiger partial charge is 0.265 e. The average Bonchev–Trinajstić information content (AvgIpc) is 3.05. The molecule has 5 nitrogen and oxygen atoms in total. The second-order valence-corrected chi connectivity index (χ2v) is 5.28. The molecule has 2 heterocycles. The maximum Gasteiger partial charge on any atom is 0.265 e. The van der Waals surface area contributed by atoms with E-state index in [1.54, 1.807) is 35.7 Å². The Morgan fingerprint density at radius 3 is 2.65 bits per heavy atom. The molecule has 1 aliphatic rings. The van der Waals surface area contributed by atoms with Crippen LogP contribution < -0.4 is 5.32 Å². The quantitative estimate of drug-likeness (QED) is 0.861. The van der Waals surface area contributed by atoms with Gasteiger partial charge in [0.15, 0.2) is 0 Å². The van der Waals surface area contributed by atoms with Crippen molar-refractivity contribution in [1.29, 1.82) is 0 Å². The van der Waals surface area contributed by atoms with Gasteiger partial charge in [-0.05, 0) is 23.6 Å². The third kappa shape index (κ3) is 1.81. The predicted octanol–water partition coefficient (Wildman–Crippen LogP) is 2.23. The summed E-state index contributed by atoms with van der Waals surface area (Å²) >= 11 is 1.31. The fourth-order valence-corrected chi connectivity index (χ4v) is 2.72. The molecule has 0 radical (unpaired) electrons. The lowest BCUT2D eigenvalue weighted by Gasteiger charge is -2.07. The molecule has 2 aromatic rings. The van der Waals surface area contributed by atoms with Gasteiger partial charge in [0.25, 0.3) is 17.7 Å². The zero-order valence-corrected chi connectivity index (χ0v) is 11.4. The van der Waals surface area contributed by atoms with E-state index in [0.717, 1.165) is 4.90 Å². The van der Waals surface area contributed by atoms with Gasteiger partial charge in [0.1, 0.15) is 0 Å². The standard InChI is InChI=1S/C14H10N2O3S/c1-16-13(18)8-4-2-5-9(11(8)14(16)19)15-12(17)10-6-3-7-20-10/h2-7H,1H3,(H,15,17). The minimum Gasteiger partial charge on any atom is -0.321 e. The summed E-state index contributed by atoms with van der Waals surface area (Å²) in [7, 11) is 1.43. The van der Waals surface area contributed by atoms with Gasteiger partial charge in [0.05, 0.1) is 21.7 Å². The average molecular weight is 286 g/mol. The minimum atomic E-state index is -0.396. The SMILES string of the molecule is CN1C(=O)c2cccc(NC(=O)c3cccs3)c2C1=O. The van der Waals surface area contributed by atoms with Crippen LogP contribution in [0.25, 0.3) is 0 Å². The number of benzene rings is 1. The Balaban J connectivity index is 1.99. The maximum atomic E-state index is 12.1. The second-order valence-electron chi connectivity index (χ2n) is 4.33. The number of rotatable bonds is 2. The fraction of sp³-hybridized carbons (Fsp3) is 0.0714. The van der Waals surface area contributed by atoms with Crippen LogP contribution in [0.2, 0.25) is 0 Å². The number of fused-ring (bicyclic) bond motifs is 1. The van der Waals surface area contributed by atoms with Crippen molar-refractivity contribution in [3.8, 4) is 0 Å². The van der Waals surface area contributed by atoms with Crippen LogP contribution in [0.3, 0.4) is 0 Å². The highest BCUT2D eigenvalue weighted by molar-refractivity contribution is 7.12. The minimum absolute atomic E-state index is 0.255. The van der Waals surface area contributed by atoms with Crippen molar-refractivity contribution in [3.05, 3.63) is 51.7 Å². The Hall–Kier alpha value is -2.47. The summed E-state index contributed by atoms with van der Waals surface area (Å²) < 4.78 is 0. The van der Waals surface area contributed by atoms with Crippen LogP contribution in [0.5, 0.6) is 0 Å². The van der Waals surface area contributed by atoms with E-state index in [-0.39, 0.29) is 17.4 Å². The van der Waals surface area contributed by atoms with Gasteiger partial charge in [-0.1, -0.05) is 12.1 Å². The highest BCUT2D eigenvalue weighted by Gasteiger charge is 2.35. The van der Waals surface area contributed by atoms with Crippen molar-refractivity contribution in [2.45, 2.75) is 0 Å². The van der Waals surface area contributed by atoms with Crippen molar-refractivity contribution in [1.82, 2.24) is 4.90 Å². The number of thiophene rings is 1. The topological polar surface area (TPSA) is 66.5 Å². The van der Waals surface area contributed by atoms with Gasteiger partial charge < -0.3 is 5.32 Å². The number of carbonyl (C=O) groups is 3. The zero-order valence-electron chi connectivity index (χ0n) is 10.5. The van der Waals surface area contributed by atoms with Crippen LogP contribution in [0.4, 0.5) is 5.69 Å². The van der Waals surface area contributed by atoms with E-state index in [1.807, 2.05) is 0 Å². The van der Waals surface area contributed by atoms with Crippen LogP contribution in [0.1, 0.15) is 30.4 Å². The number of imide groups is 1. The van der Waals surface area contributed by atoms with Crippen molar-refractivity contribution in [2.75, 3.05) is 12.4 Å². The molecule has 3 amide bonds. The number of anilines is 1. The van der Waals surface area contributed by atoms with Crippen LogP contribution in [0.15, 0.2) is 35.7 Å². The molecule has 100 valence electrons. The Morgan fingerprint density at radius 2 is 1.95 bits per heavy atom. The first-order chi connectivity index (χ1) is 9.59. The Morgan fingerprint density at radius 1 is 1.15 bits per heavy atom. The lowest BCUT2D eigenvalue weighted by molar-refractivity contribution is 0.0693. The van der Waals surface area contributed by atoms with E-state index >= 15 is 0 Å². The Kier molecular flexibility index (Phi) is 2.87. The summed E-state index contributed by atoms with van der Waals surface area (Å²) in [6.45, 7) is 0. The number of amides is 3. The number of nitrogens with zero attached hydrogens (tertiary/aromatic N) is 1. The molecule has 0 unspecified atom stereocenters. The largest absolute Gasteiger partial charge is 0.321 e. The summed E-state index contributed by atoms with van der Waals surface area (Å²) in [6, 6.07) is 8.32. The van der Waals surface area contributed by atoms with Crippen molar-refractivity contribution >= 4 is 34.7 Å². The lowest BCUT2D eigenvalue weighted by atomic mass is 10.1. The summed E-state index contributed by atoms with van der Waals surface area (Å²) in [6.07, 6.45) is 0. The summed E-state index contributed by atoms with van der Waals surface area (Å²) in [4.78, 5) is 37.6. The monoisotopic (exact) mass is 286 g/mol. The van der Waals surface area contributed by atoms with E-state index < -0.39 is 5.91 Å². The third-order valence-electron chi connectivity index (χ3n) is 3.11. The number of carbonyl (C=O) groups excluding carboxylic acids is 3. The van der Waals surface area contributed by atoms with E-state index in [1.165, 1.54) is 18.4 Å². The van der Waals surface area contributed by atoms with Gasteiger partial charge in [-0.2, -0.15) is 0 Å². The summed E-state index contributed by atoms with van der Waals surface area (Å²) in [5.74, 6) is -1.03. The zero-order chi connectivity index (χ0) is 14.3. The van der Waals surface area contributed by atoms with Crippen LogP contribution in [-0.4, -0.2) is 29.7 Å². The van der Waals surface area contributed by atoms with Crippen LogP contribution >= 0.6 is 11.3 Å². The van der Waals surface area contributed by atoms with E-state index in [0.29, 0.717) is 16.1 Å². The first-order valence-corrected chi connectivity index (χ1v) is 6.78. The summed E-state index contributed by atoms with van der Waals surface area (Å²) in [5.41, 5.74) is 0.940. The van der Waals surface area contributed by atoms with Gasteiger partial charge >= 0.3 is 0 Å². The Labute approximate surface area is 118 Å². The predicted molar refractivity (Wildman–Crippen MR) is 75.1 cm³/mol. The molecule has 0 aliphatic carbocycles. The molecule has 0 saturated carbocycles. The molecule has 6 heteroatoms. The first-order valence-electron chi connectivity index (χ1n) is 5.90. The molecule has 20 heavy (non-hydrogen) atoms. The molecule has 1 N–H and O–H groups in total. The summed E-state index contributed by atoms with van der Waals surface area (Å²) in [5, 5.41) is 4.49. The van der Waals surface area contributed by atoms with E-state index in [2.05, 4.69) is 5.32 Å². The molecule has 0 fully saturated rings. The van der Waals surface area contributed by atoms with E-state index in [4.69, 9.17) is 0 Å². The van der Waals surface area contributed by atoms with Crippen LogP contribution in [0, 0.1) is 0 Å². The van der Waals surface area contributed by atoms with Gasteiger partial charge in [0.2, 0.25) is 0 Å². The molecule has 0 bridgehead atoms. The molecule has 0 spiro atoms. The molecule has 0 atom stereocenters. The third-order valence-corrected chi connectivity index (χ3v) is 3.98. The van der Waals surface area contributed by atoms with Crippen molar-refractivity contribution in [2.24, 2.45) is 0 Å². The van der Waals surface area contributed by atoms with Gasteiger partial charge in [-0.25, -0.2) is 0 Å². The number of nitrogens with one attached hydrogen (secondary N) is 1. The molecular weight excluding hydrogens is 276 g/mol. The Bertz CT molecular complexity index is 722. The lowest BCUT2D eigenvalue weighted by Crippen LogP contribution is -2.24. The molecule has 1 aliphatic heterocycles. The number of hydrogen-bond donors (Lipinski definition) is 1. The highest BCUT2D eigenvalue weighted by atomic mass is 32.1. The molecule has 1 aromatic heterocycles. The van der Waals surface area contributed by atoms with Gasteiger partial charge in [0, 0.05) is 7.05 Å². The van der Waals surface area contributed by atoms with Gasteiger partial charge in [-0.3, -0.25) is 19.3 Å². The maximum absolute atomic E-state index is 12.1. The second kappa shape index (κ2) is 4.57. The molecular formula is C14H10N2O3S. The normalized spacial score (nSPS) is 13.6. The molecule has 0 saturated heterocycles. The number of hydrogen-bond acceptors (Lipinski definition) is 4. The fourth-order valence-electron chi connectivity index (χ4n) is 2.10. The molecule has 3 rings (SSSR count). The van der Waals surface area contributed by atoms with Crippen molar-refractivity contribution < 1.29 is 14.4 Å².